The second-order valence-electron chi connectivity index (χ2n) is 2.68. The largest absolute Gasteiger partial charge is 0.303 e. The van der Waals surface area contributed by atoms with Crippen molar-refractivity contribution in [3.8, 4) is 0 Å². The van der Waals surface area contributed by atoms with Crippen molar-refractivity contribution in [3.63, 3.8) is 0 Å². The Morgan fingerprint density at radius 3 is 1.71 bits per heavy atom. The predicted molar refractivity (Wildman–Crippen MR) is 55.1 cm³/mol. The lowest BCUT2D eigenvalue weighted by molar-refractivity contribution is 0.348. The van der Waals surface area contributed by atoms with Gasteiger partial charge in [0.1, 0.15) is 0 Å². The van der Waals surface area contributed by atoms with Gasteiger partial charge in [-0.05, 0) is 7.05 Å². The van der Waals surface area contributed by atoms with Crippen molar-refractivity contribution >= 4 is 0 Å². The molecule has 0 bridgehead atoms. The van der Waals surface area contributed by atoms with Gasteiger partial charge >= 0.3 is 0 Å². The van der Waals surface area contributed by atoms with E-state index in [9.17, 15) is 0 Å². The van der Waals surface area contributed by atoms with E-state index in [2.05, 4.69) is 36.4 Å². The molecular formula is C7H19N7. The minimum atomic E-state index is 0.695. The van der Waals surface area contributed by atoms with Crippen LogP contribution in [0.15, 0.2) is 20.7 Å². The van der Waals surface area contributed by atoms with Gasteiger partial charge in [-0.3, -0.25) is 10.9 Å². The van der Waals surface area contributed by atoms with E-state index in [4.69, 9.17) is 0 Å². The molecule has 0 fully saturated rings. The topological polar surface area (TPSA) is 76.7 Å². The summed E-state index contributed by atoms with van der Waals surface area (Å²) in [5.41, 5.74) is 5.20. The van der Waals surface area contributed by atoms with Gasteiger partial charge in [0.25, 0.3) is 0 Å². The summed E-state index contributed by atoms with van der Waals surface area (Å²) in [7, 11) is 5.47. The van der Waals surface area contributed by atoms with Crippen molar-refractivity contribution in [1.82, 2.24) is 15.8 Å². The molecule has 0 spiro atoms. The number of likely N-dealkylation sites (N-methyl/N-ethyl adjacent to an activating group) is 1. The summed E-state index contributed by atoms with van der Waals surface area (Å²) in [6.45, 7) is 3.14. The van der Waals surface area contributed by atoms with Crippen LogP contribution in [-0.4, -0.2) is 52.2 Å². The summed E-state index contributed by atoms with van der Waals surface area (Å²) in [4.78, 5) is 2.13. The first-order chi connectivity index (χ1) is 6.81. The highest BCUT2D eigenvalue weighted by molar-refractivity contribution is 4.53. The van der Waals surface area contributed by atoms with Crippen LogP contribution in [-0.2, 0) is 0 Å². The van der Waals surface area contributed by atoms with E-state index in [0.29, 0.717) is 13.1 Å². The van der Waals surface area contributed by atoms with Gasteiger partial charge in [-0.15, -0.1) is 0 Å². The molecule has 0 saturated carbocycles. The Kier molecular flexibility index (Phi) is 8.97. The average Bonchev–Trinajstić information content (AvgIpc) is 2.19. The summed E-state index contributed by atoms with van der Waals surface area (Å²) in [6.07, 6.45) is 0. The third-order valence-electron chi connectivity index (χ3n) is 1.50. The van der Waals surface area contributed by atoms with E-state index in [0.717, 1.165) is 13.1 Å². The third-order valence-corrected chi connectivity index (χ3v) is 1.50. The smallest absolute Gasteiger partial charge is 0.0747 e. The molecule has 7 heteroatoms. The monoisotopic (exact) mass is 201 g/mol. The van der Waals surface area contributed by atoms with E-state index in [1.165, 1.54) is 0 Å². The molecule has 0 atom stereocenters. The summed E-state index contributed by atoms with van der Waals surface area (Å²) in [6, 6.07) is 0. The lowest BCUT2D eigenvalue weighted by Crippen LogP contribution is -2.24. The molecule has 0 aliphatic heterocycles. The molecule has 0 aromatic rings. The van der Waals surface area contributed by atoms with Gasteiger partial charge in [-0.1, -0.05) is 10.4 Å². The Morgan fingerprint density at radius 2 is 1.36 bits per heavy atom. The fourth-order valence-corrected chi connectivity index (χ4v) is 0.784. The van der Waals surface area contributed by atoms with E-state index >= 15 is 0 Å². The summed E-state index contributed by atoms with van der Waals surface area (Å²) in [5.74, 6) is 0. The molecule has 0 aromatic carbocycles. The van der Waals surface area contributed by atoms with Gasteiger partial charge < -0.3 is 4.90 Å². The minimum Gasteiger partial charge on any atom is -0.303 e. The van der Waals surface area contributed by atoms with Crippen molar-refractivity contribution < 1.29 is 0 Å². The normalized spacial score (nSPS) is 11.7. The second-order valence-corrected chi connectivity index (χ2v) is 2.68. The van der Waals surface area contributed by atoms with Crippen LogP contribution in [0, 0.1) is 0 Å². The van der Waals surface area contributed by atoms with E-state index in [1.807, 2.05) is 7.05 Å². The SMILES string of the molecule is CNN=NCCN(C)CCN=NNC. The summed E-state index contributed by atoms with van der Waals surface area (Å²) in [5, 5.41) is 15.1. The quantitative estimate of drug-likeness (QED) is 0.431. The van der Waals surface area contributed by atoms with Crippen LogP contribution in [0.1, 0.15) is 0 Å². The zero-order chi connectivity index (χ0) is 10.6. The van der Waals surface area contributed by atoms with Gasteiger partial charge in [-0.25, -0.2) is 0 Å². The Balaban J connectivity index is 3.31. The van der Waals surface area contributed by atoms with E-state index in [-0.39, 0.29) is 0 Å². The number of nitrogens with zero attached hydrogens (tertiary/aromatic N) is 5. The number of hydrogen-bond donors (Lipinski definition) is 2. The van der Waals surface area contributed by atoms with E-state index < -0.39 is 0 Å². The van der Waals surface area contributed by atoms with Gasteiger partial charge in [0.15, 0.2) is 0 Å². The third kappa shape index (κ3) is 8.85. The molecule has 0 heterocycles. The molecule has 0 unspecified atom stereocenters. The van der Waals surface area contributed by atoms with Crippen molar-refractivity contribution in [1.29, 1.82) is 0 Å². The van der Waals surface area contributed by atoms with Crippen LogP contribution < -0.4 is 10.9 Å². The number of rotatable bonds is 8. The molecule has 0 rings (SSSR count). The molecule has 0 saturated heterocycles. The first-order valence-corrected chi connectivity index (χ1v) is 4.56. The minimum absolute atomic E-state index is 0.695. The van der Waals surface area contributed by atoms with Crippen molar-refractivity contribution in [2.24, 2.45) is 20.7 Å². The molecule has 82 valence electrons. The highest BCUT2D eigenvalue weighted by Crippen LogP contribution is 1.84. The zero-order valence-electron chi connectivity index (χ0n) is 9.06. The van der Waals surface area contributed by atoms with Gasteiger partial charge in [0.2, 0.25) is 0 Å². The lowest BCUT2D eigenvalue weighted by atomic mass is 10.5. The average molecular weight is 201 g/mol. The Bertz CT molecular complexity index is 149. The van der Waals surface area contributed by atoms with Gasteiger partial charge in [-0.2, -0.15) is 10.2 Å². The molecular weight excluding hydrogens is 182 g/mol. The Hall–Kier alpha value is -1.24. The maximum absolute atomic E-state index is 3.88. The molecule has 0 aliphatic rings. The first-order valence-electron chi connectivity index (χ1n) is 4.56. The van der Waals surface area contributed by atoms with E-state index in [1.54, 1.807) is 14.1 Å². The highest BCUT2D eigenvalue weighted by atomic mass is 15.4. The molecule has 0 amide bonds. The second kappa shape index (κ2) is 9.85. The first kappa shape index (κ1) is 12.8. The fraction of sp³-hybridized carbons (Fsp3) is 1.00. The standard InChI is InChI=1S/C7H19N7/c1-8-12-10-4-6-14(3)7-5-11-13-9-2/h4-7H2,1-3H3,(H,8,10)(H,9,11). The maximum Gasteiger partial charge on any atom is 0.0747 e. The van der Waals surface area contributed by atoms with Crippen LogP contribution in [0.25, 0.3) is 0 Å². The highest BCUT2D eigenvalue weighted by Gasteiger charge is 1.95. The summed E-state index contributed by atoms with van der Waals surface area (Å²) >= 11 is 0. The number of nitrogens with one attached hydrogen (secondary N) is 2. The Morgan fingerprint density at radius 1 is 0.929 bits per heavy atom. The fourth-order valence-electron chi connectivity index (χ4n) is 0.784. The predicted octanol–water partition coefficient (Wildman–Crippen LogP) is 0.0914. The number of hydrogen-bond acceptors (Lipinski definition) is 5. The van der Waals surface area contributed by atoms with Gasteiger partial charge in [0.05, 0.1) is 13.1 Å². The van der Waals surface area contributed by atoms with Crippen LogP contribution in [0.3, 0.4) is 0 Å². The van der Waals surface area contributed by atoms with Crippen molar-refractivity contribution in [2.45, 2.75) is 0 Å². The molecule has 7 nitrogen and oxygen atoms in total. The molecule has 2 N–H and O–H groups in total. The lowest BCUT2D eigenvalue weighted by Gasteiger charge is -2.12. The van der Waals surface area contributed by atoms with Crippen LogP contribution in [0.2, 0.25) is 0 Å². The summed E-state index contributed by atoms with van der Waals surface area (Å²) < 4.78 is 0. The zero-order valence-corrected chi connectivity index (χ0v) is 9.06. The van der Waals surface area contributed by atoms with Crippen LogP contribution in [0.5, 0.6) is 0 Å². The maximum atomic E-state index is 3.88. The van der Waals surface area contributed by atoms with Gasteiger partial charge in [0, 0.05) is 27.2 Å². The molecule has 0 radical (unpaired) electrons. The molecule has 0 aromatic heterocycles. The van der Waals surface area contributed by atoms with Crippen LogP contribution in [0.4, 0.5) is 0 Å². The van der Waals surface area contributed by atoms with Crippen molar-refractivity contribution in [3.05, 3.63) is 0 Å². The van der Waals surface area contributed by atoms with Crippen molar-refractivity contribution in [2.75, 3.05) is 47.3 Å². The Labute approximate surface area is 84.6 Å². The van der Waals surface area contributed by atoms with Crippen LogP contribution >= 0.6 is 0 Å². The molecule has 0 aliphatic carbocycles. The molecule has 14 heavy (non-hydrogen) atoms.